The van der Waals surface area contributed by atoms with Crippen molar-refractivity contribution in [1.29, 1.82) is 0 Å². The van der Waals surface area contributed by atoms with Gasteiger partial charge in [-0.1, -0.05) is 18.2 Å². The predicted octanol–water partition coefficient (Wildman–Crippen LogP) is 0.386. The molecule has 19 heavy (non-hydrogen) atoms. The van der Waals surface area contributed by atoms with Gasteiger partial charge in [0.1, 0.15) is 0 Å². The summed E-state index contributed by atoms with van der Waals surface area (Å²) < 4.78 is 4.49. The third kappa shape index (κ3) is 2.05. The number of carboxylic acid groups (broad SMARTS) is 1. The van der Waals surface area contributed by atoms with Crippen LogP contribution in [-0.4, -0.2) is 48.1 Å². The van der Waals surface area contributed by atoms with Crippen LogP contribution in [-0.2, 0) is 14.3 Å². The van der Waals surface area contributed by atoms with E-state index < -0.39 is 17.4 Å². The Bertz CT molecular complexity index is 519. The summed E-state index contributed by atoms with van der Waals surface area (Å²) >= 11 is 0. The van der Waals surface area contributed by atoms with Crippen molar-refractivity contribution >= 4 is 17.8 Å². The van der Waals surface area contributed by atoms with Crippen molar-refractivity contribution in [2.45, 2.75) is 0 Å². The molecule has 1 amide bonds. The largest absolute Gasteiger partial charge is 0.480 e. The molecule has 0 atom stereocenters. The van der Waals surface area contributed by atoms with Gasteiger partial charge in [0.2, 0.25) is 0 Å². The van der Waals surface area contributed by atoms with E-state index in [4.69, 9.17) is 5.11 Å². The molecule has 1 aromatic carbocycles. The number of likely N-dealkylation sites (tertiary alicyclic amines) is 1. The van der Waals surface area contributed by atoms with Crippen molar-refractivity contribution in [3.63, 3.8) is 0 Å². The molecule has 6 nitrogen and oxygen atoms in total. The van der Waals surface area contributed by atoms with E-state index in [1.54, 1.807) is 30.3 Å². The first-order valence-corrected chi connectivity index (χ1v) is 5.67. The zero-order chi connectivity index (χ0) is 14.0. The number of rotatable bonds is 3. The fourth-order valence-electron chi connectivity index (χ4n) is 2.06. The Morgan fingerprint density at radius 1 is 1.21 bits per heavy atom. The summed E-state index contributed by atoms with van der Waals surface area (Å²) in [5.74, 6) is -2.38. The normalized spacial score (nSPS) is 16.4. The van der Waals surface area contributed by atoms with Crippen LogP contribution in [0.4, 0.5) is 0 Å². The quantitative estimate of drug-likeness (QED) is 0.630. The number of esters is 1. The SMILES string of the molecule is COC(=O)C1(C(=O)O)CN(C(=O)c2ccccc2)C1. The summed E-state index contributed by atoms with van der Waals surface area (Å²) in [5.41, 5.74) is -1.16. The Labute approximate surface area is 109 Å². The van der Waals surface area contributed by atoms with Crippen LogP contribution in [0.1, 0.15) is 10.4 Å². The predicted molar refractivity (Wildman–Crippen MR) is 64.4 cm³/mol. The maximum Gasteiger partial charge on any atom is 0.326 e. The van der Waals surface area contributed by atoms with Crippen molar-refractivity contribution in [3.8, 4) is 0 Å². The van der Waals surface area contributed by atoms with Crippen molar-refractivity contribution < 1.29 is 24.2 Å². The highest BCUT2D eigenvalue weighted by Gasteiger charge is 2.58. The maximum absolute atomic E-state index is 12.0. The van der Waals surface area contributed by atoms with Gasteiger partial charge >= 0.3 is 11.9 Å². The monoisotopic (exact) mass is 263 g/mol. The van der Waals surface area contributed by atoms with Crippen LogP contribution in [0.5, 0.6) is 0 Å². The van der Waals surface area contributed by atoms with Gasteiger partial charge in [0.05, 0.1) is 7.11 Å². The Hall–Kier alpha value is -2.37. The molecule has 0 spiro atoms. The van der Waals surface area contributed by atoms with E-state index in [0.717, 1.165) is 7.11 Å². The first kappa shape index (κ1) is 13.1. The average Bonchev–Trinajstić information content (AvgIpc) is 2.37. The molecule has 1 aromatic rings. The van der Waals surface area contributed by atoms with E-state index in [9.17, 15) is 14.4 Å². The summed E-state index contributed by atoms with van der Waals surface area (Å²) in [6.45, 7) is -0.328. The summed E-state index contributed by atoms with van der Waals surface area (Å²) in [4.78, 5) is 36.0. The summed E-state index contributed by atoms with van der Waals surface area (Å²) in [7, 11) is 1.13. The second-order valence-electron chi connectivity index (χ2n) is 4.41. The third-order valence-corrected chi connectivity index (χ3v) is 3.22. The molecular formula is C13H13NO5. The zero-order valence-electron chi connectivity index (χ0n) is 10.3. The van der Waals surface area contributed by atoms with Crippen LogP contribution < -0.4 is 0 Å². The molecule has 0 radical (unpaired) electrons. The highest BCUT2D eigenvalue weighted by atomic mass is 16.5. The first-order valence-electron chi connectivity index (χ1n) is 5.67. The number of methoxy groups -OCH3 is 1. The molecule has 1 saturated heterocycles. The number of ether oxygens (including phenoxy) is 1. The average molecular weight is 263 g/mol. The second kappa shape index (κ2) is 4.72. The van der Waals surface area contributed by atoms with Crippen LogP contribution >= 0.6 is 0 Å². The number of benzene rings is 1. The molecule has 1 N–H and O–H groups in total. The number of hydrogen-bond acceptors (Lipinski definition) is 4. The van der Waals surface area contributed by atoms with Crippen molar-refractivity contribution in [3.05, 3.63) is 35.9 Å². The van der Waals surface area contributed by atoms with E-state index in [2.05, 4.69) is 4.74 Å². The Balaban J connectivity index is 2.12. The molecule has 1 aliphatic rings. The fourth-order valence-corrected chi connectivity index (χ4v) is 2.06. The van der Waals surface area contributed by atoms with E-state index >= 15 is 0 Å². The van der Waals surface area contributed by atoms with Crippen LogP contribution in [0, 0.1) is 5.41 Å². The molecule has 100 valence electrons. The molecule has 1 heterocycles. The Kier molecular flexibility index (Phi) is 3.25. The van der Waals surface area contributed by atoms with E-state index in [1.807, 2.05) is 0 Å². The van der Waals surface area contributed by atoms with Gasteiger partial charge in [0.15, 0.2) is 5.41 Å². The lowest BCUT2D eigenvalue weighted by atomic mass is 9.79. The number of aliphatic carboxylic acids is 1. The van der Waals surface area contributed by atoms with Crippen LogP contribution in [0.2, 0.25) is 0 Å². The summed E-state index contributed by atoms with van der Waals surface area (Å²) in [5, 5.41) is 9.12. The molecule has 0 aliphatic carbocycles. The molecule has 1 aliphatic heterocycles. The number of carbonyl (C=O) groups is 3. The number of nitrogens with zero attached hydrogens (tertiary/aromatic N) is 1. The first-order chi connectivity index (χ1) is 9.01. The minimum absolute atomic E-state index is 0.164. The number of hydrogen-bond donors (Lipinski definition) is 1. The zero-order valence-corrected chi connectivity index (χ0v) is 10.3. The molecule has 6 heteroatoms. The maximum atomic E-state index is 12.0. The molecule has 2 rings (SSSR count). The topological polar surface area (TPSA) is 83.9 Å². The van der Waals surface area contributed by atoms with Gasteiger partial charge in [0.25, 0.3) is 5.91 Å². The number of carboxylic acids is 1. The highest BCUT2D eigenvalue weighted by Crippen LogP contribution is 2.33. The van der Waals surface area contributed by atoms with Crippen LogP contribution in [0.3, 0.4) is 0 Å². The smallest absolute Gasteiger partial charge is 0.326 e. The fraction of sp³-hybridized carbons (Fsp3) is 0.308. The third-order valence-electron chi connectivity index (χ3n) is 3.22. The molecular weight excluding hydrogens is 250 g/mol. The minimum atomic E-state index is -1.63. The number of carbonyl (C=O) groups excluding carboxylic acids is 2. The second-order valence-corrected chi connectivity index (χ2v) is 4.41. The molecule has 0 aromatic heterocycles. The van der Waals surface area contributed by atoms with Crippen molar-refractivity contribution in [2.75, 3.05) is 20.2 Å². The lowest BCUT2D eigenvalue weighted by Gasteiger charge is -2.44. The lowest BCUT2D eigenvalue weighted by molar-refractivity contribution is -0.177. The highest BCUT2D eigenvalue weighted by molar-refractivity contribution is 6.04. The van der Waals surface area contributed by atoms with Gasteiger partial charge in [-0.15, -0.1) is 0 Å². The van der Waals surface area contributed by atoms with Gasteiger partial charge in [-0.2, -0.15) is 0 Å². The van der Waals surface area contributed by atoms with E-state index in [1.165, 1.54) is 4.90 Å². The van der Waals surface area contributed by atoms with E-state index in [0.29, 0.717) is 5.56 Å². The number of amides is 1. The van der Waals surface area contributed by atoms with Gasteiger partial charge in [-0.05, 0) is 12.1 Å². The summed E-state index contributed by atoms with van der Waals surface area (Å²) in [6, 6.07) is 8.50. The Morgan fingerprint density at radius 2 is 1.79 bits per heavy atom. The van der Waals surface area contributed by atoms with Gasteiger partial charge < -0.3 is 14.7 Å². The molecule has 0 unspecified atom stereocenters. The van der Waals surface area contributed by atoms with Crippen LogP contribution in [0.25, 0.3) is 0 Å². The van der Waals surface area contributed by atoms with E-state index in [-0.39, 0.29) is 19.0 Å². The van der Waals surface area contributed by atoms with Gasteiger partial charge in [-0.25, -0.2) is 0 Å². The van der Waals surface area contributed by atoms with Crippen molar-refractivity contribution in [1.82, 2.24) is 4.90 Å². The minimum Gasteiger partial charge on any atom is -0.480 e. The lowest BCUT2D eigenvalue weighted by Crippen LogP contribution is -2.66. The molecule has 0 saturated carbocycles. The molecule has 0 bridgehead atoms. The standard InChI is InChI=1S/C13H13NO5/c1-19-12(18)13(11(16)17)7-14(8-13)10(15)9-5-3-2-4-6-9/h2-6H,7-8H2,1H3,(H,16,17). The summed E-state index contributed by atoms with van der Waals surface area (Å²) in [6.07, 6.45) is 0. The van der Waals surface area contributed by atoms with Crippen LogP contribution in [0.15, 0.2) is 30.3 Å². The van der Waals surface area contributed by atoms with Gasteiger partial charge in [-0.3, -0.25) is 14.4 Å². The Morgan fingerprint density at radius 3 is 2.26 bits per heavy atom. The molecule has 1 fully saturated rings. The van der Waals surface area contributed by atoms with Gasteiger partial charge in [0, 0.05) is 18.7 Å². The van der Waals surface area contributed by atoms with Crippen molar-refractivity contribution in [2.24, 2.45) is 5.41 Å².